The van der Waals surface area contributed by atoms with E-state index in [2.05, 4.69) is 5.32 Å². The maximum absolute atomic E-state index is 13.6. The van der Waals surface area contributed by atoms with E-state index < -0.39 is 11.9 Å². The van der Waals surface area contributed by atoms with Crippen molar-refractivity contribution in [1.29, 1.82) is 5.26 Å². The van der Waals surface area contributed by atoms with Gasteiger partial charge in [0, 0.05) is 12.4 Å². The Morgan fingerprint density at radius 1 is 1.37 bits per heavy atom. The highest BCUT2D eigenvalue weighted by Gasteiger charge is 2.28. The SMILES string of the molecule is CCOC(=O)N(c1ccc(F)c(Cl)c1)c1c(NC)oc2cc(C#N)ccc12. The number of nitrogens with zero attached hydrogens (tertiary/aromatic N) is 2. The fourth-order valence-corrected chi connectivity index (χ4v) is 2.86. The number of nitriles is 1. The van der Waals surface area contributed by atoms with Crippen LogP contribution in [0.1, 0.15) is 12.5 Å². The summed E-state index contributed by atoms with van der Waals surface area (Å²) in [5, 5.41) is 12.4. The molecule has 1 N–H and O–H groups in total. The van der Waals surface area contributed by atoms with E-state index in [0.717, 1.165) is 0 Å². The van der Waals surface area contributed by atoms with Crippen LogP contribution in [-0.2, 0) is 4.74 Å². The van der Waals surface area contributed by atoms with Crippen LogP contribution in [-0.4, -0.2) is 19.7 Å². The number of furan rings is 1. The van der Waals surface area contributed by atoms with E-state index in [4.69, 9.17) is 26.0 Å². The second-order valence-corrected chi connectivity index (χ2v) is 5.89. The number of hydrogen-bond acceptors (Lipinski definition) is 5. The van der Waals surface area contributed by atoms with Crippen LogP contribution < -0.4 is 10.2 Å². The molecule has 0 bridgehead atoms. The van der Waals surface area contributed by atoms with Gasteiger partial charge in [0.2, 0.25) is 5.88 Å². The maximum Gasteiger partial charge on any atom is 0.419 e. The van der Waals surface area contributed by atoms with Gasteiger partial charge >= 0.3 is 6.09 Å². The molecule has 1 amide bonds. The molecule has 0 aliphatic heterocycles. The number of carbonyl (C=O) groups excluding carboxylic acids is 1. The molecule has 0 atom stereocenters. The molecule has 0 unspecified atom stereocenters. The Bertz CT molecular complexity index is 1060. The smallest absolute Gasteiger partial charge is 0.419 e. The van der Waals surface area contributed by atoms with Gasteiger partial charge in [-0.05, 0) is 43.3 Å². The van der Waals surface area contributed by atoms with E-state index >= 15 is 0 Å². The van der Waals surface area contributed by atoms with Gasteiger partial charge in [-0.15, -0.1) is 0 Å². The van der Waals surface area contributed by atoms with Gasteiger partial charge in [0.1, 0.15) is 17.1 Å². The number of fused-ring (bicyclic) bond motifs is 1. The number of anilines is 3. The third-order valence-electron chi connectivity index (χ3n) is 3.86. The minimum atomic E-state index is -0.677. The van der Waals surface area contributed by atoms with Gasteiger partial charge in [-0.1, -0.05) is 11.6 Å². The predicted molar refractivity (Wildman–Crippen MR) is 101 cm³/mol. The summed E-state index contributed by atoms with van der Waals surface area (Å²) >= 11 is 5.90. The fourth-order valence-electron chi connectivity index (χ4n) is 2.68. The number of halogens is 2. The van der Waals surface area contributed by atoms with Crippen LogP contribution in [0.25, 0.3) is 11.0 Å². The summed E-state index contributed by atoms with van der Waals surface area (Å²) < 4.78 is 24.5. The Labute approximate surface area is 159 Å². The number of ether oxygens (including phenoxy) is 1. The van der Waals surface area contributed by atoms with Gasteiger partial charge in [-0.3, -0.25) is 0 Å². The first-order chi connectivity index (χ1) is 13.0. The number of nitrogens with one attached hydrogen (secondary N) is 1. The second kappa shape index (κ2) is 7.56. The molecule has 0 aliphatic carbocycles. The van der Waals surface area contributed by atoms with Crippen LogP contribution in [0.4, 0.5) is 26.4 Å². The van der Waals surface area contributed by atoms with Crippen molar-refractivity contribution in [3.8, 4) is 6.07 Å². The Morgan fingerprint density at radius 3 is 2.78 bits per heavy atom. The molecule has 138 valence electrons. The molecule has 0 radical (unpaired) electrons. The number of rotatable bonds is 4. The minimum absolute atomic E-state index is 0.132. The van der Waals surface area contributed by atoms with Gasteiger partial charge in [0.05, 0.1) is 28.9 Å². The van der Waals surface area contributed by atoms with Crippen LogP contribution in [0.5, 0.6) is 0 Å². The summed E-state index contributed by atoms with van der Waals surface area (Å²) in [6.07, 6.45) is -0.677. The molecule has 0 saturated carbocycles. The Balaban J connectivity index is 2.27. The first-order valence-electron chi connectivity index (χ1n) is 8.06. The molecule has 27 heavy (non-hydrogen) atoms. The summed E-state index contributed by atoms with van der Waals surface area (Å²) in [4.78, 5) is 14.0. The van der Waals surface area contributed by atoms with Crippen LogP contribution in [0.15, 0.2) is 40.8 Å². The zero-order valence-corrected chi connectivity index (χ0v) is 15.3. The quantitative estimate of drug-likeness (QED) is 0.645. The highest BCUT2D eigenvalue weighted by molar-refractivity contribution is 6.31. The monoisotopic (exact) mass is 387 g/mol. The topological polar surface area (TPSA) is 78.5 Å². The number of amides is 1. The standard InChI is InChI=1S/C19H15ClFN3O3/c1-3-26-19(25)24(12-5-7-15(21)14(20)9-12)17-13-6-4-11(10-22)8-16(13)27-18(17)23-2/h4-9,23H,3H2,1-2H3. The van der Waals surface area contributed by atoms with E-state index in [0.29, 0.717) is 27.9 Å². The number of hydrogen-bond donors (Lipinski definition) is 1. The molecule has 2 aromatic carbocycles. The van der Waals surface area contributed by atoms with Crippen molar-refractivity contribution in [3.05, 3.63) is 52.8 Å². The van der Waals surface area contributed by atoms with E-state index in [1.165, 1.54) is 23.1 Å². The van der Waals surface area contributed by atoms with Crippen LogP contribution in [0, 0.1) is 17.1 Å². The molecule has 0 saturated heterocycles. The Kier molecular flexibility index (Phi) is 5.19. The van der Waals surface area contributed by atoms with Gasteiger partial charge in [0.25, 0.3) is 0 Å². The molecule has 1 heterocycles. The lowest BCUT2D eigenvalue weighted by Crippen LogP contribution is -2.27. The van der Waals surface area contributed by atoms with Crippen LogP contribution in [0.3, 0.4) is 0 Å². The molecular weight excluding hydrogens is 373 g/mol. The molecule has 6 nitrogen and oxygen atoms in total. The zero-order chi connectivity index (χ0) is 19.6. The molecule has 0 fully saturated rings. The molecule has 0 aliphatic rings. The largest absolute Gasteiger partial charge is 0.449 e. The lowest BCUT2D eigenvalue weighted by atomic mass is 10.1. The highest BCUT2D eigenvalue weighted by Crippen LogP contribution is 2.42. The highest BCUT2D eigenvalue weighted by atomic mass is 35.5. The summed E-state index contributed by atoms with van der Waals surface area (Å²) in [7, 11) is 1.63. The van der Waals surface area contributed by atoms with E-state index in [1.54, 1.807) is 32.2 Å². The summed E-state index contributed by atoms with van der Waals surface area (Å²) in [5.74, 6) is -0.317. The second-order valence-electron chi connectivity index (χ2n) is 5.49. The van der Waals surface area contributed by atoms with Crippen molar-refractivity contribution < 1.29 is 18.3 Å². The van der Waals surface area contributed by atoms with E-state index in [1.807, 2.05) is 6.07 Å². The normalized spacial score (nSPS) is 10.5. The lowest BCUT2D eigenvalue weighted by molar-refractivity contribution is 0.162. The van der Waals surface area contributed by atoms with E-state index in [-0.39, 0.29) is 17.5 Å². The van der Waals surface area contributed by atoms with Crippen molar-refractivity contribution in [2.45, 2.75) is 6.92 Å². The molecular formula is C19H15ClFN3O3. The van der Waals surface area contributed by atoms with Crippen molar-refractivity contribution in [2.75, 3.05) is 23.9 Å². The van der Waals surface area contributed by atoms with Crippen molar-refractivity contribution in [3.63, 3.8) is 0 Å². The molecule has 3 aromatic rings. The van der Waals surface area contributed by atoms with Crippen molar-refractivity contribution in [2.24, 2.45) is 0 Å². The fraction of sp³-hybridized carbons (Fsp3) is 0.158. The van der Waals surface area contributed by atoms with Gasteiger partial charge in [-0.2, -0.15) is 5.26 Å². The van der Waals surface area contributed by atoms with Crippen molar-refractivity contribution in [1.82, 2.24) is 0 Å². The molecule has 8 heteroatoms. The predicted octanol–water partition coefficient (Wildman–Crippen LogP) is 5.43. The lowest BCUT2D eigenvalue weighted by Gasteiger charge is -2.22. The minimum Gasteiger partial charge on any atom is -0.449 e. The Morgan fingerprint density at radius 2 is 2.15 bits per heavy atom. The van der Waals surface area contributed by atoms with Gasteiger partial charge < -0.3 is 14.5 Å². The summed E-state index contributed by atoms with van der Waals surface area (Å²) in [5.41, 5.74) is 1.51. The van der Waals surface area contributed by atoms with Crippen LogP contribution >= 0.6 is 11.6 Å². The molecule has 1 aromatic heterocycles. The zero-order valence-electron chi connectivity index (χ0n) is 14.5. The Hall–Kier alpha value is -3.24. The third-order valence-corrected chi connectivity index (χ3v) is 4.15. The average Bonchev–Trinajstić information content (AvgIpc) is 3.02. The van der Waals surface area contributed by atoms with Crippen molar-refractivity contribution >= 4 is 45.9 Å². The summed E-state index contributed by atoms with van der Waals surface area (Å²) in [6, 6.07) is 10.8. The first kappa shape index (κ1) is 18.5. The number of benzene rings is 2. The first-order valence-corrected chi connectivity index (χ1v) is 8.44. The van der Waals surface area contributed by atoms with E-state index in [9.17, 15) is 9.18 Å². The maximum atomic E-state index is 13.6. The van der Waals surface area contributed by atoms with Crippen LogP contribution in [0.2, 0.25) is 5.02 Å². The average molecular weight is 388 g/mol. The molecule has 3 rings (SSSR count). The number of carbonyl (C=O) groups is 1. The summed E-state index contributed by atoms with van der Waals surface area (Å²) in [6.45, 7) is 1.83. The van der Waals surface area contributed by atoms with Gasteiger partial charge in [-0.25, -0.2) is 14.1 Å². The molecule has 0 spiro atoms. The van der Waals surface area contributed by atoms with Gasteiger partial charge in [0.15, 0.2) is 0 Å². The third kappa shape index (κ3) is 3.39.